The highest BCUT2D eigenvalue weighted by molar-refractivity contribution is 7.10. The summed E-state index contributed by atoms with van der Waals surface area (Å²) < 4.78 is 0. The van der Waals surface area contributed by atoms with E-state index in [-0.39, 0.29) is 11.7 Å². The van der Waals surface area contributed by atoms with Gasteiger partial charge >= 0.3 is 0 Å². The normalized spacial score (nSPS) is 18.5. The number of aliphatic hydroxyl groups is 1. The van der Waals surface area contributed by atoms with Crippen LogP contribution in [0.3, 0.4) is 0 Å². The van der Waals surface area contributed by atoms with Crippen molar-refractivity contribution in [1.82, 2.24) is 0 Å². The zero-order chi connectivity index (χ0) is 9.26. The number of carbonyl (C=O) groups is 1. The number of ketones is 1. The van der Waals surface area contributed by atoms with Crippen molar-refractivity contribution in [2.24, 2.45) is 5.92 Å². The van der Waals surface area contributed by atoms with E-state index in [0.29, 0.717) is 6.42 Å². The van der Waals surface area contributed by atoms with Crippen LogP contribution in [-0.4, -0.2) is 17.0 Å². The van der Waals surface area contributed by atoms with E-state index in [1.807, 2.05) is 17.5 Å². The molecule has 0 amide bonds. The second kappa shape index (κ2) is 3.60. The number of hydrogen-bond acceptors (Lipinski definition) is 3. The third-order valence-electron chi connectivity index (χ3n) is 2.33. The van der Waals surface area contributed by atoms with Gasteiger partial charge in [0.15, 0.2) is 5.78 Å². The highest BCUT2D eigenvalue weighted by Crippen LogP contribution is 2.33. The number of carbonyl (C=O) groups excluding carboxylic acids is 1. The fraction of sp³-hybridized carbons (Fsp3) is 0.500. The number of Topliss-reactive ketones (excluding diaryl/α,β-unsaturated/α-hetero) is 1. The average molecular weight is 196 g/mol. The summed E-state index contributed by atoms with van der Waals surface area (Å²) in [4.78, 5) is 12.5. The fourth-order valence-corrected chi connectivity index (χ4v) is 2.08. The molecule has 0 aliphatic heterocycles. The summed E-state index contributed by atoms with van der Waals surface area (Å²) >= 11 is 1.57. The van der Waals surface area contributed by atoms with Crippen LogP contribution in [-0.2, 0) is 11.2 Å². The molecular formula is C10H12O2S. The molecular weight excluding hydrogens is 184 g/mol. The van der Waals surface area contributed by atoms with Crippen molar-refractivity contribution in [3.63, 3.8) is 0 Å². The molecule has 13 heavy (non-hydrogen) atoms. The van der Waals surface area contributed by atoms with Gasteiger partial charge in [0.25, 0.3) is 0 Å². The van der Waals surface area contributed by atoms with Crippen molar-refractivity contribution in [2.45, 2.75) is 25.4 Å². The zero-order valence-electron chi connectivity index (χ0n) is 7.27. The molecule has 1 fully saturated rings. The Labute approximate surface area is 81.2 Å². The largest absolute Gasteiger partial charge is 0.385 e. The number of rotatable bonds is 4. The van der Waals surface area contributed by atoms with Crippen molar-refractivity contribution in [2.75, 3.05) is 0 Å². The quantitative estimate of drug-likeness (QED) is 0.794. The molecule has 2 nitrogen and oxygen atoms in total. The maximum Gasteiger partial charge on any atom is 0.166 e. The number of hydrogen-bond donors (Lipinski definition) is 1. The summed E-state index contributed by atoms with van der Waals surface area (Å²) in [6.45, 7) is 0. The maximum absolute atomic E-state index is 11.4. The first-order valence-electron chi connectivity index (χ1n) is 4.50. The van der Waals surface area contributed by atoms with Crippen LogP contribution in [0.2, 0.25) is 0 Å². The molecule has 1 heterocycles. The smallest absolute Gasteiger partial charge is 0.166 e. The SMILES string of the molecule is O=C(Cc1cccs1)C(O)C1CC1. The number of aliphatic hydroxyl groups excluding tert-OH is 1. The Morgan fingerprint density at radius 1 is 1.69 bits per heavy atom. The first kappa shape index (κ1) is 8.91. The molecule has 0 saturated heterocycles. The van der Waals surface area contributed by atoms with E-state index in [1.54, 1.807) is 11.3 Å². The molecule has 1 unspecified atom stereocenters. The Kier molecular flexibility index (Phi) is 2.47. The van der Waals surface area contributed by atoms with E-state index in [9.17, 15) is 9.90 Å². The van der Waals surface area contributed by atoms with E-state index >= 15 is 0 Å². The van der Waals surface area contributed by atoms with Crippen molar-refractivity contribution in [1.29, 1.82) is 0 Å². The lowest BCUT2D eigenvalue weighted by Crippen LogP contribution is -2.23. The van der Waals surface area contributed by atoms with Crippen LogP contribution in [0.1, 0.15) is 17.7 Å². The molecule has 0 spiro atoms. The summed E-state index contributed by atoms with van der Waals surface area (Å²) in [5, 5.41) is 11.5. The standard InChI is InChI=1S/C10H12O2S/c11-9(10(12)7-3-4-7)6-8-2-1-5-13-8/h1-2,5,7,10,12H,3-4,6H2. The third kappa shape index (κ3) is 2.17. The summed E-state index contributed by atoms with van der Waals surface area (Å²) in [5.41, 5.74) is 0. The molecule has 2 rings (SSSR count). The molecule has 1 aliphatic carbocycles. The summed E-state index contributed by atoms with van der Waals surface area (Å²) in [7, 11) is 0. The lowest BCUT2D eigenvalue weighted by molar-refractivity contribution is -0.127. The van der Waals surface area contributed by atoms with E-state index in [4.69, 9.17) is 0 Å². The van der Waals surface area contributed by atoms with Gasteiger partial charge in [-0.15, -0.1) is 11.3 Å². The van der Waals surface area contributed by atoms with Crippen LogP contribution in [0, 0.1) is 5.92 Å². The second-order valence-electron chi connectivity index (χ2n) is 3.50. The molecule has 1 saturated carbocycles. The molecule has 70 valence electrons. The second-order valence-corrected chi connectivity index (χ2v) is 4.54. The van der Waals surface area contributed by atoms with E-state index in [1.165, 1.54) is 0 Å². The van der Waals surface area contributed by atoms with Crippen molar-refractivity contribution >= 4 is 17.1 Å². The van der Waals surface area contributed by atoms with Crippen molar-refractivity contribution in [3.05, 3.63) is 22.4 Å². The molecule has 1 aromatic heterocycles. The van der Waals surface area contributed by atoms with Crippen LogP contribution >= 0.6 is 11.3 Å². The van der Waals surface area contributed by atoms with Gasteiger partial charge in [-0.25, -0.2) is 0 Å². The van der Waals surface area contributed by atoms with Gasteiger partial charge in [0.2, 0.25) is 0 Å². The maximum atomic E-state index is 11.4. The Bertz CT molecular complexity index is 288. The monoisotopic (exact) mass is 196 g/mol. The minimum atomic E-state index is -0.706. The fourth-order valence-electron chi connectivity index (χ4n) is 1.36. The Morgan fingerprint density at radius 2 is 2.46 bits per heavy atom. The minimum absolute atomic E-state index is 0.0232. The van der Waals surface area contributed by atoms with Crippen LogP contribution in [0.15, 0.2) is 17.5 Å². The summed E-state index contributed by atoms with van der Waals surface area (Å²) in [6.07, 6.45) is 1.71. The van der Waals surface area contributed by atoms with Crippen LogP contribution < -0.4 is 0 Å². The minimum Gasteiger partial charge on any atom is -0.385 e. The third-order valence-corrected chi connectivity index (χ3v) is 3.20. The van der Waals surface area contributed by atoms with Gasteiger partial charge in [0, 0.05) is 11.3 Å². The molecule has 0 radical (unpaired) electrons. The predicted octanol–water partition coefficient (Wildman–Crippen LogP) is 1.63. The molecule has 1 aliphatic rings. The molecule has 1 atom stereocenters. The number of thiophene rings is 1. The zero-order valence-corrected chi connectivity index (χ0v) is 8.09. The lowest BCUT2D eigenvalue weighted by atomic mass is 10.1. The van der Waals surface area contributed by atoms with Crippen molar-refractivity contribution < 1.29 is 9.90 Å². The topological polar surface area (TPSA) is 37.3 Å². The van der Waals surface area contributed by atoms with Crippen LogP contribution in [0.4, 0.5) is 0 Å². The van der Waals surface area contributed by atoms with Crippen LogP contribution in [0.25, 0.3) is 0 Å². The molecule has 3 heteroatoms. The lowest BCUT2D eigenvalue weighted by Gasteiger charge is -2.05. The van der Waals surface area contributed by atoms with Crippen molar-refractivity contribution in [3.8, 4) is 0 Å². The van der Waals surface area contributed by atoms with Gasteiger partial charge in [-0.3, -0.25) is 4.79 Å². The van der Waals surface area contributed by atoms with Gasteiger partial charge in [-0.05, 0) is 30.2 Å². The summed E-state index contributed by atoms with van der Waals surface area (Å²) in [5.74, 6) is 0.234. The van der Waals surface area contributed by atoms with E-state index in [0.717, 1.165) is 17.7 Å². The molecule has 1 aromatic rings. The molecule has 1 N–H and O–H groups in total. The van der Waals surface area contributed by atoms with Gasteiger partial charge in [-0.1, -0.05) is 6.07 Å². The van der Waals surface area contributed by atoms with Gasteiger partial charge in [0.05, 0.1) is 0 Å². The Hall–Kier alpha value is -0.670. The highest BCUT2D eigenvalue weighted by Gasteiger charge is 2.34. The van der Waals surface area contributed by atoms with E-state index in [2.05, 4.69) is 0 Å². The Morgan fingerprint density at radius 3 is 3.00 bits per heavy atom. The van der Waals surface area contributed by atoms with Crippen LogP contribution in [0.5, 0.6) is 0 Å². The molecule has 0 bridgehead atoms. The predicted molar refractivity (Wildman–Crippen MR) is 51.8 cm³/mol. The molecule has 0 aromatic carbocycles. The Balaban J connectivity index is 1.90. The average Bonchev–Trinajstić information content (AvgIpc) is 2.85. The van der Waals surface area contributed by atoms with Gasteiger partial charge in [0.1, 0.15) is 6.10 Å². The first-order valence-corrected chi connectivity index (χ1v) is 5.38. The summed E-state index contributed by atoms with van der Waals surface area (Å²) in [6, 6.07) is 3.86. The first-order chi connectivity index (χ1) is 6.27. The van der Waals surface area contributed by atoms with Gasteiger partial charge < -0.3 is 5.11 Å². The van der Waals surface area contributed by atoms with E-state index < -0.39 is 6.10 Å². The van der Waals surface area contributed by atoms with Gasteiger partial charge in [-0.2, -0.15) is 0 Å². The highest BCUT2D eigenvalue weighted by atomic mass is 32.1.